The molecule has 0 bridgehead atoms. The number of halogens is 2. The maximum atomic E-state index is 4.50. The molecule has 2 aromatic rings. The van der Waals surface area contributed by atoms with Crippen molar-refractivity contribution in [2.75, 3.05) is 7.05 Å². The highest BCUT2D eigenvalue weighted by atomic mass is 79.9. The molecule has 2 rings (SSSR count). The van der Waals surface area contributed by atoms with Crippen LogP contribution in [0.3, 0.4) is 0 Å². The van der Waals surface area contributed by atoms with Gasteiger partial charge in [-0.3, -0.25) is 9.67 Å². The summed E-state index contributed by atoms with van der Waals surface area (Å²) in [5.74, 6) is 0. The first-order chi connectivity index (χ1) is 9.01. The van der Waals surface area contributed by atoms with Crippen molar-refractivity contribution < 1.29 is 0 Å². The molecule has 1 unspecified atom stereocenters. The van der Waals surface area contributed by atoms with Crippen molar-refractivity contribution in [2.24, 2.45) is 7.05 Å². The average Bonchev–Trinajstić information content (AvgIpc) is 2.65. The molecule has 2 aromatic heterocycles. The molecule has 0 saturated carbocycles. The highest BCUT2D eigenvalue weighted by Crippen LogP contribution is 2.26. The van der Waals surface area contributed by atoms with E-state index in [2.05, 4.69) is 53.3 Å². The van der Waals surface area contributed by atoms with E-state index in [9.17, 15) is 0 Å². The number of likely N-dealkylation sites (N-methyl/N-ethyl adjacent to an activating group) is 1. The third-order valence-electron chi connectivity index (χ3n) is 3.03. The Kier molecular flexibility index (Phi) is 4.76. The second kappa shape index (κ2) is 6.15. The number of pyridine rings is 1. The fraction of sp³-hybridized carbons (Fsp3) is 0.385. The highest BCUT2D eigenvalue weighted by molar-refractivity contribution is 9.11. The second-order valence-electron chi connectivity index (χ2n) is 4.47. The lowest BCUT2D eigenvalue weighted by Crippen LogP contribution is -2.21. The van der Waals surface area contributed by atoms with Gasteiger partial charge < -0.3 is 5.32 Å². The van der Waals surface area contributed by atoms with Crippen molar-refractivity contribution in [1.29, 1.82) is 0 Å². The van der Waals surface area contributed by atoms with E-state index < -0.39 is 0 Å². The van der Waals surface area contributed by atoms with E-state index in [4.69, 9.17) is 0 Å². The third-order valence-corrected chi connectivity index (χ3v) is 4.10. The predicted molar refractivity (Wildman–Crippen MR) is 83.1 cm³/mol. The number of nitrogens with one attached hydrogen (secondary N) is 1. The molecule has 6 heteroatoms. The van der Waals surface area contributed by atoms with Gasteiger partial charge in [-0.1, -0.05) is 0 Å². The quantitative estimate of drug-likeness (QED) is 0.876. The van der Waals surface area contributed by atoms with Crippen LogP contribution in [0.25, 0.3) is 0 Å². The van der Waals surface area contributed by atoms with E-state index in [-0.39, 0.29) is 6.04 Å². The van der Waals surface area contributed by atoms with Crippen LogP contribution >= 0.6 is 31.9 Å². The van der Waals surface area contributed by atoms with Crippen molar-refractivity contribution in [3.63, 3.8) is 0 Å². The molecule has 102 valence electrons. The molecule has 0 fully saturated rings. The van der Waals surface area contributed by atoms with Crippen molar-refractivity contribution in [3.8, 4) is 0 Å². The van der Waals surface area contributed by atoms with Crippen molar-refractivity contribution in [1.82, 2.24) is 20.1 Å². The topological polar surface area (TPSA) is 42.7 Å². The lowest BCUT2D eigenvalue weighted by Gasteiger charge is -2.17. The van der Waals surface area contributed by atoms with Gasteiger partial charge in [-0.25, -0.2) is 0 Å². The standard InChI is InChI=1S/C13H16Br2N4/c1-8-4-10(19(3)18-8)6-12(16-2)13-11(15)5-9(14)7-17-13/h4-5,7,12,16H,6H2,1-3H3. The molecule has 0 saturated heterocycles. The van der Waals surface area contributed by atoms with Crippen LogP contribution in [0.2, 0.25) is 0 Å². The number of hydrogen-bond acceptors (Lipinski definition) is 3. The van der Waals surface area contributed by atoms with E-state index in [1.165, 1.54) is 5.69 Å². The van der Waals surface area contributed by atoms with Crippen LogP contribution in [0, 0.1) is 6.92 Å². The average molecular weight is 388 g/mol. The zero-order valence-electron chi connectivity index (χ0n) is 11.1. The molecule has 0 aliphatic rings. The highest BCUT2D eigenvalue weighted by Gasteiger charge is 2.17. The molecule has 4 nitrogen and oxygen atoms in total. The maximum Gasteiger partial charge on any atom is 0.0719 e. The minimum atomic E-state index is 0.150. The number of aromatic nitrogens is 3. The van der Waals surface area contributed by atoms with Gasteiger partial charge in [-0.15, -0.1) is 0 Å². The van der Waals surface area contributed by atoms with E-state index in [1.54, 1.807) is 0 Å². The molecular weight excluding hydrogens is 372 g/mol. The van der Waals surface area contributed by atoms with E-state index in [1.807, 2.05) is 38.0 Å². The minimum absolute atomic E-state index is 0.150. The fourth-order valence-electron chi connectivity index (χ4n) is 2.08. The first-order valence-corrected chi connectivity index (χ1v) is 7.57. The molecule has 2 heterocycles. The molecule has 0 amide bonds. The Morgan fingerprint density at radius 3 is 2.63 bits per heavy atom. The summed E-state index contributed by atoms with van der Waals surface area (Å²) in [5.41, 5.74) is 3.23. The van der Waals surface area contributed by atoms with Gasteiger partial charge in [0.2, 0.25) is 0 Å². The van der Waals surface area contributed by atoms with E-state index >= 15 is 0 Å². The summed E-state index contributed by atoms with van der Waals surface area (Å²) >= 11 is 6.99. The Morgan fingerprint density at radius 2 is 2.11 bits per heavy atom. The summed E-state index contributed by atoms with van der Waals surface area (Å²) < 4.78 is 3.89. The summed E-state index contributed by atoms with van der Waals surface area (Å²) in [7, 11) is 3.92. The lowest BCUT2D eigenvalue weighted by molar-refractivity contribution is 0.546. The molecule has 0 aliphatic carbocycles. The largest absolute Gasteiger partial charge is 0.311 e. The van der Waals surface area contributed by atoms with Gasteiger partial charge in [-0.05, 0) is 58.0 Å². The normalized spacial score (nSPS) is 12.7. The number of hydrogen-bond donors (Lipinski definition) is 1. The van der Waals surface area contributed by atoms with Gasteiger partial charge in [-0.2, -0.15) is 5.10 Å². The van der Waals surface area contributed by atoms with Crippen LogP contribution in [-0.4, -0.2) is 21.8 Å². The summed E-state index contributed by atoms with van der Waals surface area (Å²) in [4.78, 5) is 4.50. The second-order valence-corrected chi connectivity index (χ2v) is 6.24. The smallest absolute Gasteiger partial charge is 0.0719 e. The molecule has 0 aromatic carbocycles. The molecule has 1 N–H and O–H groups in total. The molecular formula is C13H16Br2N4. The van der Waals surface area contributed by atoms with Gasteiger partial charge in [0.05, 0.1) is 17.4 Å². The van der Waals surface area contributed by atoms with Crippen molar-refractivity contribution >= 4 is 31.9 Å². The van der Waals surface area contributed by atoms with E-state index in [0.29, 0.717) is 0 Å². The summed E-state index contributed by atoms with van der Waals surface area (Å²) in [5, 5.41) is 7.69. The van der Waals surface area contributed by atoms with Gasteiger partial charge >= 0.3 is 0 Å². The summed E-state index contributed by atoms with van der Waals surface area (Å²) in [6, 6.07) is 4.27. The molecule has 1 atom stereocenters. The Labute approximate surface area is 129 Å². The van der Waals surface area contributed by atoms with Gasteiger partial charge in [0.1, 0.15) is 0 Å². The van der Waals surface area contributed by atoms with E-state index in [0.717, 1.165) is 26.8 Å². The Bertz CT molecular complexity index is 580. The first-order valence-electron chi connectivity index (χ1n) is 5.99. The Balaban J connectivity index is 2.27. The van der Waals surface area contributed by atoms with Crippen LogP contribution in [0.5, 0.6) is 0 Å². The lowest BCUT2D eigenvalue weighted by atomic mass is 10.1. The van der Waals surface area contributed by atoms with Crippen LogP contribution < -0.4 is 5.32 Å². The van der Waals surface area contributed by atoms with Crippen LogP contribution in [0.1, 0.15) is 23.1 Å². The van der Waals surface area contributed by atoms with Crippen molar-refractivity contribution in [2.45, 2.75) is 19.4 Å². The maximum absolute atomic E-state index is 4.50. The van der Waals surface area contributed by atoms with Gasteiger partial charge in [0.25, 0.3) is 0 Å². The zero-order valence-corrected chi connectivity index (χ0v) is 14.3. The predicted octanol–water partition coefficient (Wildman–Crippen LogP) is 3.15. The molecule has 0 spiro atoms. The molecule has 0 radical (unpaired) electrons. The molecule has 19 heavy (non-hydrogen) atoms. The van der Waals surface area contributed by atoms with Crippen molar-refractivity contribution in [3.05, 3.63) is 44.4 Å². The SMILES string of the molecule is CNC(Cc1cc(C)nn1C)c1ncc(Br)cc1Br. The van der Waals surface area contributed by atoms with Crippen LogP contribution in [0.4, 0.5) is 0 Å². The third kappa shape index (κ3) is 3.43. The number of rotatable bonds is 4. The zero-order chi connectivity index (χ0) is 14.0. The van der Waals surface area contributed by atoms with Gasteiger partial charge in [0, 0.05) is 34.3 Å². The molecule has 0 aliphatic heterocycles. The number of nitrogens with zero attached hydrogens (tertiary/aromatic N) is 3. The number of aryl methyl sites for hydroxylation is 2. The summed E-state index contributed by atoms with van der Waals surface area (Å²) in [6.07, 6.45) is 2.67. The van der Waals surface area contributed by atoms with Crippen LogP contribution in [0.15, 0.2) is 27.3 Å². The van der Waals surface area contributed by atoms with Crippen LogP contribution in [-0.2, 0) is 13.5 Å². The fourth-order valence-corrected chi connectivity index (χ4v) is 3.35. The summed E-state index contributed by atoms with van der Waals surface area (Å²) in [6.45, 7) is 2.01. The Morgan fingerprint density at radius 1 is 1.37 bits per heavy atom. The first kappa shape index (κ1) is 14.7. The monoisotopic (exact) mass is 386 g/mol. The van der Waals surface area contributed by atoms with Gasteiger partial charge in [0.15, 0.2) is 0 Å². The Hall–Kier alpha value is -0.720. The minimum Gasteiger partial charge on any atom is -0.311 e.